The minimum Gasteiger partial charge on any atom is -0.493 e. The molecular weight excluding hydrogens is 506 g/mol. The molecule has 5 rings (SSSR count). The topological polar surface area (TPSA) is 107 Å². The second-order valence-corrected chi connectivity index (χ2v) is 11.4. The molecule has 2 unspecified atom stereocenters. The minimum atomic E-state index is -3.72. The van der Waals surface area contributed by atoms with Crippen LogP contribution in [0.4, 0.5) is 5.69 Å². The van der Waals surface area contributed by atoms with Gasteiger partial charge in [0.25, 0.3) is 5.56 Å². The van der Waals surface area contributed by atoms with Crippen LogP contribution in [0.3, 0.4) is 0 Å². The Balaban J connectivity index is 1.25. The van der Waals surface area contributed by atoms with Gasteiger partial charge in [0.1, 0.15) is 0 Å². The Morgan fingerprint density at radius 1 is 0.974 bits per heavy atom. The van der Waals surface area contributed by atoms with Crippen LogP contribution in [-0.2, 0) is 21.4 Å². The first kappa shape index (κ1) is 25.7. The Morgan fingerprint density at radius 2 is 1.74 bits per heavy atom. The number of amides is 1. The van der Waals surface area contributed by atoms with Crippen molar-refractivity contribution in [3.05, 3.63) is 88.4 Å². The van der Waals surface area contributed by atoms with Crippen molar-refractivity contribution in [2.75, 3.05) is 32.6 Å². The van der Waals surface area contributed by atoms with Crippen LogP contribution >= 0.6 is 0 Å². The van der Waals surface area contributed by atoms with E-state index in [4.69, 9.17) is 9.47 Å². The van der Waals surface area contributed by atoms with E-state index in [-0.39, 0.29) is 28.2 Å². The van der Waals surface area contributed by atoms with Gasteiger partial charge in [0, 0.05) is 49.1 Å². The summed E-state index contributed by atoms with van der Waals surface area (Å²) in [6.07, 6.45) is 3.91. The minimum absolute atomic E-state index is 0.0119. The predicted octanol–water partition coefficient (Wildman–Crippen LogP) is 3.33. The predicted molar refractivity (Wildman–Crippen MR) is 144 cm³/mol. The van der Waals surface area contributed by atoms with Crippen LogP contribution in [0.1, 0.15) is 23.6 Å². The number of ether oxygens (including phenoxy) is 2. The zero-order chi connectivity index (χ0) is 26.9. The van der Waals surface area contributed by atoms with Crippen molar-refractivity contribution >= 4 is 27.7 Å². The number of aromatic nitrogens is 1. The fourth-order valence-corrected chi connectivity index (χ4v) is 6.78. The third kappa shape index (κ3) is 5.09. The zero-order valence-corrected chi connectivity index (χ0v) is 22.0. The van der Waals surface area contributed by atoms with E-state index in [0.29, 0.717) is 36.8 Å². The van der Waals surface area contributed by atoms with Crippen molar-refractivity contribution in [3.8, 4) is 11.5 Å². The third-order valence-corrected chi connectivity index (χ3v) is 8.89. The van der Waals surface area contributed by atoms with Crippen LogP contribution in [0.25, 0.3) is 6.08 Å². The maximum atomic E-state index is 13.4. The van der Waals surface area contributed by atoms with Crippen LogP contribution in [0.5, 0.6) is 11.5 Å². The molecule has 1 fully saturated rings. The number of nitrogens with zero attached hydrogens (tertiary/aromatic N) is 2. The van der Waals surface area contributed by atoms with E-state index in [1.807, 2.05) is 6.07 Å². The average molecular weight is 536 g/mol. The van der Waals surface area contributed by atoms with E-state index in [1.165, 1.54) is 22.5 Å². The van der Waals surface area contributed by atoms with Crippen molar-refractivity contribution in [1.29, 1.82) is 0 Å². The van der Waals surface area contributed by atoms with E-state index in [0.717, 1.165) is 17.7 Å². The second-order valence-electron chi connectivity index (χ2n) is 9.48. The number of sulfonamides is 1. The number of hydrogen-bond donors (Lipinski definition) is 1. The Kier molecular flexibility index (Phi) is 7.09. The van der Waals surface area contributed by atoms with Gasteiger partial charge in [0.05, 0.1) is 19.1 Å². The Labute approximate surface area is 221 Å². The summed E-state index contributed by atoms with van der Waals surface area (Å²) in [5.41, 5.74) is 2.10. The van der Waals surface area contributed by atoms with Gasteiger partial charge in [-0.2, -0.15) is 4.31 Å². The highest BCUT2D eigenvalue weighted by atomic mass is 32.2. The first-order valence-corrected chi connectivity index (χ1v) is 13.7. The highest BCUT2D eigenvalue weighted by Gasteiger charge is 2.39. The van der Waals surface area contributed by atoms with Crippen molar-refractivity contribution in [3.63, 3.8) is 0 Å². The lowest BCUT2D eigenvalue weighted by molar-refractivity contribution is -0.111. The first-order valence-electron chi connectivity index (χ1n) is 12.3. The van der Waals surface area contributed by atoms with E-state index < -0.39 is 10.0 Å². The molecule has 0 spiro atoms. The number of anilines is 1. The SMILES string of the molecule is COc1ccc(/C=C\C(=O)Nc2ccc(S(=O)(=O)N3CC4CC(C3)c3cccc(=O)n3C4)cc2)cc1OC. The Morgan fingerprint density at radius 3 is 2.47 bits per heavy atom. The molecule has 0 radical (unpaired) electrons. The zero-order valence-electron chi connectivity index (χ0n) is 21.2. The lowest BCUT2D eigenvalue weighted by Crippen LogP contribution is -2.48. The number of benzene rings is 2. The summed E-state index contributed by atoms with van der Waals surface area (Å²) in [5, 5.41) is 2.75. The smallest absolute Gasteiger partial charge is 0.250 e. The first-order chi connectivity index (χ1) is 18.3. The lowest BCUT2D eigenvalue weighted by atomic mass is 9.84. The van der Waals surface area contributed by atoms with Crippen LogP contribution < -0.4 is 20.3 Å². The Hall–Kier alpha value is -3.89. The van der Waals surface area contributed by atoms with E-state index in [2.05, 4.69) is 5.32 Å². The fraction of sp³-hybridized carbons (Fsp3) is 0.286. The van der Waals surface area contributed by atoms with E-state index >= 15 is 0 Å². The number of pyridine rings is 1. The number of hydrogen-bond acceptors (Lipinski definition) is 6. The summed E-state index contributed by atoms with van der Waals surface area (Å²) in [6, 6.07) is 16.7. The fourth-order valence-electron chi connectivity index (χ4n) is 5.22. The number of carbonyl (C=O) groups excluding carboxylic acids is 1. The van der Waals surface area contributed by atoms with E-state index in [1.54, 1.807) is 67.3 Å². The summed E-state index contributed by atoms with van der Waals surface area (Å²) < 4.78 is 40.7. The van der Waals surface area contributed by atoms with Gasteiger partial charge in [0.2, 0.25) is 15.9 Å². The monoisotopic (exact) mass is 535 g/mol. The molecular formula is C28H29N3O6S. The molecule has 0 saturated carbocycles. The van der Waals surface area contributed by atoms with Gasteiger partial charge in [0.15, 0.2) is 11.5 Å². The maximum absolute atomic E-state index is 13.4. The molecule has 2 atom stereocenters. The summed E-state index contributed by atoms with van der Waals surface area (Å²) in [4.78, 5) is 24.8. The number of nitrogens with one attached hydrogen (secondary N) is 1. The highest BCUT2D eigenvalue weighted by molar-refractivity contribution is 7.89. The average Bonchev–Trinajstić information content (AvgIpc) is 2.92. The molecule has 2 aromatic carbocycles. The molecule has 3 aromatic rings. The molecule has 3 heterocycles. The van der Waals surface area contributed by atoms with Crippen molar-refractivity contribution in [2.24, 2.45) is 5.92 Å². The van der Waals surface area contributed by atoms with Gasteiger partial charge in [-0.25, -0.2) is 8.42 Å². The van der Waals surface area contributed by atoms with Crippen LogP contribution in [0.15, 0.2) is 76.4 Å². The number of fused-ring (bicyclic) bond motifs is 4. The van der Waals surface area contributed by atoms with Crippen molar-refractivity contribution in [2.45, 2.75) is 23.8 Å². The molecule has 2 aliphatic rings. The van der Waals surface area contributed by atoms with Crippen molar-refractivity contribution in [1.82, 2.24) is 8.87 Å². The largest absolute Gasteiger partial charge is 0.493 e. The number of rotatable bonds is 7. The number of methoxy groups -OCH3 is 2. The van der Waals surface area contributed by atoms with E-state index in [9.17, 15) is 18.0 Å². The maximum Gasteiger partial charge on any atom is 0.250 e. The van der Waals surface area contributed by atoms with Crippen molar-refractivity contribution < 1.29 is 22.7 Å². The standard InChI is InChI=1S/C28H29N3O6S/c1-36-25-12-6-19(15-26(25)37-2)7-13-27(32)29-22-8-10-23(11-9-22)38(34,35)30-16-20-14-21(18-30)24-4-3-5-28(33)31(24)17-20/h3-13,15,20-21H,14,16-18H2,1-2H3,(H,29,32)/b13-7-. The number of carbonyl (C=O) groups is 1. The van der Waals surface area contributed by atoms with Crippen LogP contribution in [-0.4, -0.2) is 50.5 Å². The van der Waals surface area contributed by atoms with Gasteiger partial charge >= 0.3 is 0 Å². The Bertz CT molecular complexity index is 1550. The molecule has 0 aliphatic carbocycles. The second kappa shape index (κ2) is 10.5. The molecule has 2 bridgehead atoms. The lowest BCUT2D eigenvalue weighted by Gasteiger charge is -2.42. The van der Waals surface area contributed by atoms with Gasteiger partial charge < -0.3 is 19.4 Å². The van der Waals surface area contributed by atoms with Gasteiger partial charge in [-0.3, -0.25) is 9.59 Å². The molecule has 1 amide bonds. The molecule has 198 valence electrons. The van der Waals surface area contributed by atoms with Gasteiger partial charge in [-0.15, -0.1) is 0 Å². The summed E-state index contributed by atoms with van der Waals surface area (Å²) in [7, 11) is -0.628. The highest BCUT2D eigenvalue weighted by Crippen LogP contribution is 2.37. The molecule has 38 heavy (non-hydrogen) atoms. The van der Waals surface area contributed by atoms with Crippen LogP contribution in [0, 0.1) is 5.92 Å². The molecule has 9 nitrogen and oxygen atoms in total. The van der Waals surface area contributed by atoms with Gasteiger partial charge in [-0.05, 0) is 66.4 Å². The quantitative estimate of drug-likeness (QED) is 0.465. The molecule has 2 aliphatic heterocycles. The number of piperidine rings is 1. The molecule has 1 N–H and O–H groups in total. The summed E-state index contributed by atoms with van der Waals surface area (Å²) >= 11 is 0. The molecule has 10 heteroatoms. The van der Waals surface area contributed by atoms with Gasteiger partial charge in [-0.1, -0.05) is 12.1 Å². The summed E-state index contributed by atoms with van der Waals surface area (Å²) in [5.74, 6) is 0.877. The normalized spacial score (nSPS) is 19.1. The third-order valence-electron chi connectivity index (χ3n) is 7.04. The summed E-state index contributed by atoms with van der Waals surface area (Å²) in [6.45, 7) is 1.24. The van der Waals surface area contributed by atoms with Crippen LogP contribution in [0.2, 0.25) is 0 Å². The molecule has 1 saturated heterocycles. The molecule has 1 aromatic heterocycles.